The standard InChI is InChI=1S/C16H17N3O5/c1-11(14-3-2-10-24-14)18-15(20)8-9-17-16(21)12-4-6-13(7-5-12)19(22)23/h2-7,10-11H,8-9H2,1H3,(H,17,21)(H,18,20). The molecule has 8 nitrogen and oxygen atoms in total. The van der Waals surface area contributed by atoms with Gasteiger partial charge in [0.1, 0.15) is 5.76 Å². The van der Waals surface area contributed by atoms with Crippen LogP contribution in [0, 0.1) is 10.1 Å². The Morgan fingerprint density at radius 3 is 2.54 bits per heavy atom. The second kappa shape index (κ2) is 7.91. The smallest absolute Gasteiger partial charge is 0.269 e. The monoisotopic (exact) mass is 331 g/mol. The van der Waals surface area contributed by atoms with Crippen molar-refractivity contribution in [2.24, 2.45) is 0 Å². The molecule has 1 aromatic carbocycles. The number of nitrogens with one attached hydrogen (secondary N) is 2. The van der Waals surface area contributed by atoms with E-state index in [1.54, 1.807) is 19.1 Å². The van der Waals surface area contributed by atoms with Crippen molar-refractivity contribution in [2.75, 3.05) is 6.54 Å². The Labute approximate surface area is 138 Å². The van der Waals surface area contributed by atoms with Crippen LogP contribution in [-0.2, 0) is 4.79 Å². The van der Waals surface area contributed by atoms with Crippen LogP contribution >= 0.6 is 0 Å². The van der Waals surface area contributed by atoms with Gasteiger partial charge in [-0.2, -0.15) is 0 Å². The molecule has 0 spiro atoms. The van der Waals surface area contributed by atoms with Crippen molar-refractivity contribution in [3.05, 3.63) is 64.1 Å². The first-order valence-electron chi connectivity index (χ1n) is 7.33. The summed E-state index contributed by atoms with van der Waals surface area (Å²) in [5.74, 6) is 0.0398. The number of nitrogens with zero attached hydrogens (tertiary/aromatic N) is 1. The zero-order valence-corrected chi connectivity index (χ0v) is 13.0. The van der Waals surface area contributed by atoms with E-state index in [0.29, 0.717) is 11.3 Å². The number of rotatable bonds is 7. The minimum Gasteiger partial charge on any atom is -0.467 e. The van der Waals surface area contributed by atoms with E-state index in [9.17, 15) is 19.7 Å². The molecule has 0 saturated carbocycles. The average molecular weight is 331 g/mol. The minimum atomic E-state index is -0.536. The number of furan rings is 1. The molecule has 0 aliphatic heterocycles. The van der Waals surface area contributed by atoms with E-state index in [4.69, 9.17) is 4.42 Å². The number of carbonyl (C=O) groups excluding carboxylic acids is 2. The molecule has 1 aromatic heterocycles. The summed E-state index contributed by atoms with van der Waals surface area (Å²) in [6, 6.07) is 8.50. The molecule has 2 N–H and O–H groups in total. The predicted octanol–water partition coefficient (Wildman–Crippen LogP) is 2.19. The highest BCUT2D eigenvalue weighted by molar-refractivity contribution is 5.94. The van der Waals surface area contributed by atoms with Gasteiger partial charge in [-0.25, -0.2) is 0 Å². The van der Waals surface area contributed by atoms with Gasteiger partial charge in [0.05, 0.1) is 17.2 Å². The average Bonchev–Trinajstić information content (AvgIpc) is 3.09. The van der Waals surface area contributed by atoms with Crippen molar-refractivity contribution in [1.82, 2.24) is 10.6 Å². The van der Waals surface area contributed by atoms with Crippen LogP contribution in [-0.4, -0.2) is 23.3 Å². The number of carbonyl (C=O) groups is 2. The van der Waals surface area contributed by atoms with Crippen molar-refractivity contribution in [3.8, 4) is 0 Å². The fourth-order valence-corrected chi connectivity index (χ4v) is 2.05. The molecule has 0 fully saturated rings. The zero-order chi connectivity index (χ0) is 17.5. The molecule has 0 bridgehead atoms. The fourth-order valence-electron chi connectivity index (χ4n) is 2.05. The highest BCUT2D eigenvalue weighted by atomic mass is 16.6. The van der Waals surface area contributed by atoms with Gasteiger partial charge in [0.15, 0.2) is 0 Å². The van der Waals surface area contributed by atoms with E-state index in [2.05, 4.69) is 10.6 Å². The van der Waals surface area contributed by atoms with E-state index >= 15 is 0 Å². The zero-order valence-electron chi connectivity index (χ0n) is 13.0. The number of nitro groups is 1. The predicted molar refractivity (Wildman–Crippen MR) is 85.3 cm³/mol. The van der Waals surface area contributed by atoms with E-state index in [0.717, 1.165) is 0 Å². The number of amides is 2. The van der Waals surface area contributed by atoms with E-state index in [-0.39, 0.29) is 30.6 Å². The minimum absolute atomic E-state index is 0.0853. The molecule has 0 aliphatic carbocycles. The maximum atomic E-state index is 11.9. The molecule has 126 valence electrons. The van der Waals surface area contributed by atoms with Crippen molar-refractivity contribution in [1.29, 1.82) is 0 Å². The van der Waals surface area contributed by atoms with Crippen LogP contribution < -0.4 is 10.6 Å². The molecule has 8 heteroatoms. The summed E-state index contributed by atoms with van der Waals surface area (Å²) < 4.78 is 5.19. The molecule has 24 heavy (non-hydrogen) atoms. The second-order valence-electron chi connectivity index (χ2n) is 5.11. The molecular formula is C16H17N3O5. The summed E-state index contributed by atoms with van der Waals surface area (Å²) in [5, 5.41) is 15.9. The van der Waals surface area contributed by atoms with Crippen LogP contribution in [0.5, 0.6) is 0 Å². The van der Waals surface area contributed by atoms with Gasteiger partial charge < -0.3 is 15.1 Å². The van der Waals surface area contributed by atoms with E-state index < -0.39 is 10.8 Å². The van der Waals surface area contributed by atoms with Crippen LogP contribution in [0.1, 0.15) is 35.5 Å². The first-order chi connectivity index (χ1) is 11.5. The van der Waals surface area contributed by atoms with Gasteiger partial charge in [-0.3, -0.25) is 19.7 Å². The summed E-state index contributed by atoms with van der Waals surface area (Å²) in [5.41, 5.74) is 0.211. The summed E-state index contributed by atoms with van der Waals surface area (Å²) in [4.78, 5) is 33.7. The number of non-ortho nitro benzene ring substituents is 1. The lowest BCUT2D eigenvalue weighted by atomic mass is 10.2. The summed E-state index contributed by atoms with van der Waals surface area (Å²) in [6.45, 7) is 1.96. The molecule has 1 atom stereocenters. The molecule has 2 aromatic rings. The molecule has 1 unspecified atom stereocenters. The lowest BCUT2D eigenvalue weighted by molar-refractivity contribution is -0.384. The third-order valence-electron chi connectivity index (χ3n) is 3.33. The Balaban J connectivity index is 1.75. The van der Waals surface area contributed by atoms with Gasteiger partial charge >= 0.3 is 0 Å². The topological polar surface area (TPSA) is 114 Å². The first kappa shape index (κ1) is 17.2. The SMILES string of the molecule is CC(NC(=O)CCNC(=O)c1ccc([N+](=O)[O-])cc1)c1ccco1. The van der Waals surface area contributed by atoms with Gasteiger partial charge in [-0.05, 0) is 31.2 Å². The third-order valence-corrected chi connectivity index (χ3v) is 3.33. The van der Waals surface area contributed by atoms with Gasteiger partial charge in [-0.15, -0.1) is 0 Å². The molecule has 0 aliphatic rings. The van der Waals surface area contributed by atoms with Crippen molar-refractivity contribution in [2.45, 2.75) is 19.4 Å². The summed E-state index contributed by atoms with van der Waals surface area (Å²) >= 11 is 0. The van der Waals surface area contributed by atoms with E-state index in [1.807, 2.05) is 0 Å². The van der Waals surface area contributed by atoms with Crippen LogP contribution in [0.15, 0.2) is 47.1 Å². The molecule has 2 rings (SSSR count). The maximum Gasteiger partial charge on any atom is 0.269 e. The second-order valence-corrected chi connectivity index (χ2v) is 5.11. The number of benzene rings is 1. The van der Waals surface area contributed by atoms with Crippen LogP contribution in [0.25, 0.3) is 0 Å². The van der Waals surface area contributed by atoms with Gasteiger partial charge in [-0.1, -0.05) is 0 Å². The van der Waals surface area contributed by atoms with Gasteiger partial charge in [0.25, 0.3) is 11.6 Å². The summed E-state index contributed by atoms with van der Waals surface area (Å²) in [7, 11) is 0. The maximum absolute atomic E-state index is 11.9. The number of hydrogen-bond donors (Lipinski definition) is 2. The van der Waals surface area contributed by atoms with Crippen LogP contribution in [0.3, 0.4) is 0 Å². The largest absolute Gasteiger partial charge is 0.467 e. The Kier molecular flexibility index (Phi) is 5.67. The Morgan fingerprint density at radius 2 is 1.96 bits per heavy atom. The van der Waals surface area contributed by atoms with E-state index in [1.165, 1.54) is 30.5 Å². The Bertz CT molecular complexity index is 710. The fraction of sp³-hybridized carbons (Fsp3) is 0.250. The lowest BCUT2D eigenvalue weighted by Gasteiger charge is -2.11. The van der Waals surface area contributed by atoms with Crippen molar-refractivity contribution < 1.29 is 18.9 Å². The third kappa shape index (κ3) is 4.67. The molecular weight excluding hydrogens is 314 g/mol. The Morgan fingerprint density at radius 1 is 1.25 bits per heavy atom. The van der Waals surface area contributed by atoms with Crippen molar-refractivity contribution in [3.63, 3.8) is 0 Å². The quantitative estimate of drug-likeness (QED) is 0.596. The molecule has 0 radical (unpaired) electrons. The van der Waals surface area contributed by atoms with Crippen molar-refractivity contribution >= 4 is 17.5 Å². The summed E-state index contributed by atoms with van der Waals surface area (Å²) in [6.07, 6.45) is 1.65. The lowest BCUT2D eigenvalue weighted by Crippen LogP contribution is -2.31. The van der Waals surface area contributed by atoms with Crippen LogP contribution in [0.2, 0.25) is 0 Å². The molecule has 0 saturated heterocycles. The Hall–Kier alpha value is -3.16. The normalized spacial score (nSPS) is 11.5. The molecule has 2 amide bonds. The van der Waals surface area contributed by atoms with Crippen LogP contribution in [0.4, 0.5) is 5.69 Å². The highest BCUT2D eigenvalue weighted by Crippen LogP contribution is 2.13. The van der Waals surface area contributed by atoms with Gasteiger partial charge in [0, 0.05) is 30.7 Å². The first-order valence-corrected chi connectivity index (χ1v) is 7.33. The molecule has 1 heterocycles. The highest BCUT2D eigenvalue weighted by Gasteiger charge is 2.13. The van der Waals surface area contributed by atoms with Gasteiger partial charge in [0.2, 0.25) is 5.91 Å². The number of nitro benzene ring substituents is 1. The number of hydrogen-bond acceptors (Lipinski definition) is 5.